The zero-order valence-corrected chi connectivity index (χ0v) is 17.5. The van der Waals surface area contributed by atoms with Crippen LogP contribution in [0.2, 0.25) is 0 Å². The molecular weight excluding hydrogens is 376 g/mol. The Morgan fingerprint density at radius 2 is 2.03 bits per heavy atom. The first-order valence-electron chi connectivity index (χ1n) is 10.4. The van der Waals surface area contributed by atoms with E-state index in [1.54, 1.807) is 11.0 Å². The molecule has 1 aliphatic rings. The van der Waals surface area contributed by atoms with Gasteiger partial charge in [-0.1, -0.05) is 36.4 Å². The van der Waals surface area contributed by atoms with E-state index < -0.39 is 0 Å². The zero-order chi connectivity index (χ0) is 20.8. The van der Waals surface area contributed by atoms with Gasteiger partial charge in [0, 0.05) is 13.1 Å². The number of morpholine rings is 1. The Morgan fingerprint density at radius 1 is 1.20 bits per heavy atom. The molecule has 0 bridgehead atoms. The fraction of sp³-hybridized carbons (Fsp3) is 0.348. The molecule has 1 unspecified atom stereocenters. The van der Waals surface area contributed by atoms with Gasteiger partial charge in [0.25, 0.3) is 0 Å². The Hall–Kier alpha value is -3.19. The molecule has 1 atom stereocenters. The zero-order valence-electron chi connectivity index (χ0n) is 17.5. The molecule has 2 heterocycles. The van der Waals surface area contributed by atoms with Gasteiger partial charge in [0.2, 0.25) is 0 Å². The van der Waals surface area contributed by atoms with Crippen LogP contribution < -0.4 is 5.32 Å². The molecule has 0 aliphatic carbocycles. The average Bonchev–Trinajstić information content (AvgIpc) is 3.32. The van der Waals surface area contributed by atoms with Crippen LogP contribution in [0.15, 0.2) is 66.2 Å². The summed E-state index contributed by atoms with van der Waals surface area (Å²) < 4.78 is 7.82. The monoisotopic (exact) mass is 404 g/mol. The number of aryl methyl sites for hydroxylation is 1. The third-order valence-corrected chi connectivity index (χ3v) is 5.27. The minimum Gasteiger partial charge on any atom is -0.370 e. The molecule has 2 aromatic carbocycles. The van der Waals surface area contributed by atoms with Crippen LogP contribution in [0.4, 0.5) is 0 Å². The Morgan fingerprint density at radius 3 is 2.77 bits per heavy atom. The first-order chi connectivity index (χ1) is 14.7. The first-order valence-corrected chi connectivity index (χ1v) is 10.4. The maximum absolute atomic E-state index is 6.08. The van der Waals surface area contributed by atoms with Crippen molar-refractivity contribution in [3.05, 3.63) is 77.9 Å². The van der Waals surface area contributed by atoms with Gasteiger partial charge in [-0.3, -0.25) is 0 Å². The van der Waals surface area contributed by atoms with Gasteiger partial charge in [-0.05, 0) is 42.7 Å². The van der Waals surface area contributed by atoms with Gasteiger partial charge in [-0.25, -0.2) is 14.7 Å². The van der Waals surface area contributed by atoms with Gasteiger partial charge in [0.15, 0.2) is 5.96 Å². The van der Waals surface area contributed by atoms with Gasteiger partial charge in [-0.15, -0.1) is 0 Å². The third kappa shape index (κ3) is 4.68. The molecule has 30 heavy (non-hydrogen) atoms. The summed E-state index contributed by atoms with van der Waals surface area (Å²) in [4.78, 5) is 11.2. The number of hydrogen-bond acceptors (Lipinski definition) is 4. The standard InChI is InChI=1S/C23H28N6O/c1-3-25-23(26-14-19-8-10-20(11-9-19)29-17-24-16-27-29)28-12-13-30-22(15-28)21-7-5-4-6-18(21)2/h4-11,16-17,22H,3,12-15H2,1-2H3,(H,25,26). The van der Waals surface area contributed by atoms with Crippen molar-refractivity contribution in [3.8, 4) is 5.69 Å². The number of aromatic nitrogens is 3. The highest BCUT2D eigenvalue weighted by molar-refractivity contribution is 5.80. The molecule has 7 nitrogen and oxygen atoms in total. The number of ether oxygens (including phenoxy) is 1. The summed E-state index contributed by atoms with van der Waals surface area (Å²) in [5, 5.41) is 7.60. The lowest BCUT2D eigenvalue weighted by molar-refractivity contribution is -0.00834. The van der Waals surface area contributed by atoms with E-state index in [-0.39, 0.29) is 6.10 Å². The van der Waals surface area contributed by atoms with Crippen molar-refractivity contribution in [2.45, 2.75) is 26.5 Å². The molecule has 1 saturated heterocycles. The highest BCUT2D eigenvalue weighted by Gasteiger charge is 2.25. The van der Waals surface area contributed by atoms with Crippen molar-refractivity contribution in [1.82, 2.24) is 25.0 Å². The van der Waals surface area contributed by atoms with E-state index in [9.17, 15) is 0 Å². The highest BCUT2D eigenvalue weighted by atomic mass is 16.5. The van der Waals surface area contributed by atoms with Crippen LogP contribution >= 0.6 is 0 Å². The second-order valence-corrected chi connectivity index (χ2v) is 7.34. The fourth-order valence-electron chi connectivity index (χ4n) is 3.67. The second-order valence-electron chi connectivity index (χ2n) is 7.34. The second kappa shape index (κ2) is 9.54. The van der Waals surface area contributed by atoms with Gasteiger partial charge >= 0.3 is 0 Å². The summed E-state index contributed by atoms with van der Waals surface area (Å²) in [7, 11) is 0. The summed E-state index contributed by atoms with van der Waals surface area (Å²) in [6.07, 6.45) is 3.29. The van der Waals surface area contributed by atoms with Crippen LogP contribution in [0.1, 0.15) is 29.7 Å². The maximum Gasteiger partial charge on any atom is 0.194 e. The molecular formula is C23H28N6O. The number of hydrogen-bond donors (Lipinski definition) is 1. The summed E-state index contributed by atoms with van der Waals surface area (Å²) >= 11 is 0. The van der Waals surface area contributed by atoms with Crippen molar-refractivity contribution >= 4 is 5.96 Å². The Bertz CT molecular complexity index is 968. The predicted octanol–water partition coefficient (Wildman–Crippen LogP) is 3.11. The van der Waals surface area contributed by atoms with Gasteiger partial charge < -0.3 is 15.0 Å². The molecule has 1 fully saturated rings. The summed E-state index contributed by atoms with van der Waals surface area (Å²) in [6.45, 7) is 8.00. The van der Waals surface area contributed by atoms with Crippen LogP contribution in [0, 0.1) is 6.92 Å². The molecule has 1 aliphatic heterocycles. The first kappa shape index (κ1) is 20.1. The molecule has 156 valence electrons. The number of guanidine groups is 1. The number of aliphatic imine (C=N–C) groups is 1. The normalized spacial score (nSPS) is 17.2. The lowest BCUT2D eigenvalue weighted by atomic mass is 10.0. The molecule has 0 saturated carbocycles. The largest absolute Gasteiger partial charge is 0.370 e. The Labute approximate surface area is 177 Å². The maximum atomic E-state index is 6.08. The van der Waals surface area contributed by atoms with Crippen molar-refractivity contribution in [2.24, 2.45) is 4.99 Å². The smallest absolute Gasteiger partial charge is 0.194 e. The van der Waals surface area contributed by atoms with Crippen molar-refractivity contribution in [2.75, 3.05) is 26.2 Å². The molecule has 4 rings (SSSR count). The topological polar surface area (TPSA) is 67.6 Å². The van der Waals surface area contributed by atoms with Crippen LogP contribution in [-0.2, 0) is 11.3 Å². The quantitative estimate of drug-likeness (QED) is 0.523. The summed E-state index contributed by atoms with van der Waals surface area (Å²) in [5.74, 6) is 0.930. The highest BCUT2D eigenvalue weighted by Crippen LogP contribution is 2.25. The van der Waals surface area contributed by atoms with E-state index in [1.165, 1.54) is 17.5 Å². The lowest BCUT2D eigenvalue weighted by Crippen LogP contribution is -2.48. The fourth-order valence-corrected chi connectivity index (χ4v) is 3.67. The molecule has 0 spiro atoms. The van der Waals surface area contributed by atoms with E-state index in [0.717, 1.165) is 36.8 Å². The van der Waals surface area contributed by atoms with Crippen molar-refractivity contribution in [1.29, 1.82) is 0 Å². The van der Waals surface area contributed by atoms with Crippen LogP contribution in [0.5, 0.6) is 0 Å². The van der Waals surface area contributed by atoms with Crippen LogP contribution in [-0.4, -0.2) is 51.9 Å². The van der Waals surface area contributed by atoms with E-state index in [2.05, 4.69) is 70.5 Å². The van der Waals surface area contributed by atoms with E-state index in [0.29, 0.717) is 13.2 Å². The number of benzene rings is 2. The van der Waals surface area contributed by atoms with Crippen LogP contribution in [0.25, 0.3) is 5.69 Å². The van der Waals surface area contributed by atoms with Crippen molar-refractivity contribution < 1.29 is 4.74 Å². The van der Waals surface area contributed by atoms with Gasteiger partial charge in [-0.2, -0.15) is 5.10 Å². The number of nitrogens with zero attached hydrogens (tertiary/aromatic N) is 5. The van der Waals surface area contributed by atoms with E-state index in [4.69, 9.17) is 9.73 Å². The van der Waals surface area contributed by atoms with E-state index in [1.807, 2.05) is 12.1 Å². The lowest BCUT2D eigenvalue weighted by Gasteiger charge is -2.35. The molecule has 0 amide bonds. The molecule has 7 heteroatoms. The average molecular weight is 405 g/mol. The molecule has 0 radical (unpaired) electrons. The minimum atomic E-state index is 0.0609. The predicted molar refractivity (Wildman–Crippen MR) is 118 cm³/mol. The number of rotatable bonds is 5. The van der Waals surface area contributed by atoms with Crippen molar-refractivity contribution in [3.63, 3.8) is 0 Å². The third-order valence-electron chi connectivity index (χ3n) is 5.27. The molecule has 1 N–H and O–H groups in total. The molecule has 3 aromatic rings. The van der Waals surface area contributed by atoms with Gasteiger partial charge in [0.05, 0.1) is 25.4 Å². The summed E-state index contributed by atoms with van der Waals surface area (Å²) in [5.41, 5.74) is 4.65. The Balaban J connectivity index is 1.46. The SMILES string of the molecule is CCNC(=NCc1ccc(-n2cncn2)cc1)N1CCOC(c2ccccc2C)C1. The Kier molecular flexibility index (Phi) is 6.39. The molecule has 1 aromatic heterocycles. The van der Waals surface area contributed by atoms with E-state index >= 15 is 0 Å². The minimum absolute atomic E-state index is 0.0609. The number of nitrogens with one attached hydrogen (secondary N) is 1. The van der Waals surface area contributed by atoms with Crippen LogP contribution in [0.3, 0.4) is 0 Å². The van der Waals surface area contributed by atoms with Gasteiger partial charge in [0.1, 0.15) is 18.8 Å². The summed E-state index contributed by atoms with van der Waals surface area (Å²) in [6, 6.07) is 16.7.